The van der Waals surface area contributed by atoms with Crippen LogP contribution in [0.4, 0.5) is 4.39 Å². The van der Waals surface area contributed by atoms with Gasteiger partial charge in [0.15, 0.2) is 0 Å². The summed E-state index contributed by atoms with van der Waals surface area (Å²) in [6.45, 7) is 1.27. The Balaban J connectivity index is 1.43. The van der Waals surface area contributed by atoms with Crippen LogP contribution in [0.1, 0.15) is 30.2 Å². The number of likely N-dealkylation sites (tertiary alicyclic amines) is 1. The molecule has 1 unspecified atom stereocenters. The van der Waals surface area contributed by atoms with Crippen molar-refractivity contribution in [2.75, 3.05) is 20.2 Å². The molecule has 0 N–H and O–H groups in total. The van der Waals surface area contributed by atoms with Gasteiger partial charge in [-0.15, -0.1) is 10.2 Å². The van der Waals surface area contributed by atoms with Crippen molar-refractivity contribution in [1.82, 2.24) is 15.1 Å². The van der Waals surface area contributed by atoms with Crippen molar-refractivity contribution < 1.29 is 18.3 Å². The van der Waals surface area contributed by atoms with Gasteiger partial charge in [-0.05, 0) is 54.8 Å². The molecule has 4 rings (SSSR count). The minimum absolute atomic E-state index is 0.000271. The molecule has 1 aromatic heterocycles. The van der Waals surface area contributed by atoms with Crippen LogP contribution in [0.3, 0.4) is 0 Å². The standard InChI is InChI=1S/C22H22FN3O3/c1-28-19-6-2-4-15(12-19)13-20(27)26-11-3-5-17(14-26)22-25-24-21(29-22)16-7-9-18(23)10-8-16/h2,4,6-10,12,17H,3,5,11,13-14H2,1H3. The number of aromatic nitrogens is 2. The predicted octanol–water partition coefficient (Wildman–Crippen LogP) is 3.83. The second kappa shape index (κ2) is 8.43. The van der Waals surface area contributed by atoms with Crippen molar-refractivity contribution in [1.29, 1.82) is 0 Å². The van der Waals surface area contributed by atoms with E-state index in [4.69, 9.17) is 9.15 Å². The normalized spacial score (nSPS) is 16.6. The molecular formula is C22H22FN3O3. The molecule has 1 aliphatic rings. The molecule has 0 radical (unpaired) electrons. The summed E-state index contributed by atoms with van der Waals surface area (Å²) in [6.07, 6.45) is 2.09. The molecule has 1 aliphatic heterocycles. The zero-order valence-electron chi connectivity index (χ0n) is 16.2. The van der Waals surface area contributed by atoms with Crippen LogP contribution in [0.15, 0.2) is 52.9 Å². The predicted molar refractivity (Wildman–Crippen MR) is 105 cm³/mol. The molecule has 6 nitrogen and oxygen atoms in total. The number of hydrogen-bond donors (Lipinski definition) is 0. The van der Waals surface area contributed by atoms with Gasteiger partial charge in [0.25, 0.3) is 0 Å². The lowest BCUT2D eigenvalue weighted by Crippen LogP contribution is -2.40. The number of methoxy groups -OCH3 is 1. The van der Waals surface area contributed by atoms with Crippen LogP contribution in [0, 0.1) is 5.82 Å². The van der Waals surface area contributed by atoms with Gasteiger partial charge in [0.1, 0.15) is 11.6 Å². The third-order valence-corrected chi connectivity index (χ3v) is 5.14. The van der Waals surface area contributed by atoms with Gasteiger partial charge >= 0.3 is 0 Å². The topological polar surface area (TPSA) is 68.5 Å². The Labute approximate surface area is 168 Å². The van der Waals surface area contributed by atoms with Crippen molar-refractivity contribution in [3.05, 3.63) is 65.8 Å². The Morgan fingerprint density at radius 3 is 2.86 bits per heavy atom. The van der Waals surface area contributed by atoms with E-state index in [0.717, 1.165) is 30.7 Å². The minimum Gasteiger partial charge on any atom is -0.497 e. The molecule has 2 aromatic carbocycles. The van der Waals surface area contributed by atoms with Crippen molar-refractivity contribution >= 4 is 5.91 Å². The third kappa shape index (κ3) is 4.45. The molecule has 0 saturated carbocycles. The molecule has 7 heteroatoms. The molecule has 2 heterocycles. The molecule has 0 spiro atoms. The number of rotatable bonds is 5. The molecular weight excluding hydrogens is 373 g/mol. The Bertz CT molecular complexity index is 987. The van der Waals surface area contributed by atoms with Crippen LogP contribution < -0.4 is 4.74 Å². The van der Waals surface area contributed by atoms with E-state index in [0.29, 0.717) is 30.3 Å². The molecule has 1 atom stereocenters. The van der Waals surface area contributed by atoms with E-state index in [1.165, 1.54) is 12.1 Å². The van der Waals surface area contributed by atoms with Crippen LogP contribution in [0.5, 0.6) is 5.75 Å². The van der Waals surface area contributed by atoms with E-state index in [1.807, 2.05) is 29.2 Å². The van der Waals surface area contributed by atoms with Crippen LogP contribution in [-0.4, -0.2) is 41.2 Å². The number of hydrogen-bond acceptors (Lipinski definition) is 5. The summed E-state index contributed by atoms with van der Waals surface area (Å²) in [7, 11) is 1.61. The lowest BCUT2D eigenvalue weighted by atomic mass is 9.97. The SMILES string of the molecule is COc1cccc(CC(=O)N2CCCC(c3nnc(-c4ccc(F)cc4)o3)C2)c1. The Kier molecular flexibility index (Phi) is 5.55. The van der Waals surface area contributed by atoms with Gasteiger partial charge < -0.3 is 14.1 Å². The van der Waals surface area contributed by atoms with Crippen LogP contribution in [-0.2, 0) is 11.2 Å². The lowest BCUT2D eigenvalue weighted by Gasteiger charge is -2.31. The first-order chi connectivity index (χ1) is 14.1. The maximum absolute atomic E-state index is 13.1. The molecule has 0 aliphatic carbocycles. The Morgan fingerprint density at radius 1 is 1.24 bits per heavy atom. The first kappa shape index (κ1) is 19.1. The third-order valence-electron chi connectivity index (χ3n) is 5.14. The summed E-state index contributed by atoms with van der Waals surface area (Å²) >= 11 is 0. The van der Waals surface area contributed by atoms with E-state index in [9.17, 15) is 9.18 Å². The maximum atomic E-state index is 13.1. The lowest BCUT2D eigenvalue weighted by molar-refractivity contribution is -0.131. The van der Waals surface area contributed by atoms with E-state index in [1.54, 1.807) is 19.2 Å². The van der Waals surface area contributed by atoms with Gasteiger partial charge in [0, 0.05) is 18.7 Å². The number of benzene rings is 2. The van der Waals surface area contributed by atoms with Gasteiger partial charge in [0.2, 0.25) is 17.7 Å². The highest BCUT2D eigenvalue weighted by Crippen LogP contribution is 2.29. The zero-order valence-corrected chi connectivity index (χ0v) is 16.2. The fourth-order valence-electron chi connectivity index (χ4n) is 3.58. The first-order valence-electron chi connectivity index (χ1n) is 9.62. The van der Waals surface area contributed by atoms with Crippen LogP contribution in [0.25, 0.3) is 11.5 Å². The van der Waals surface area contributed by atoms with Gasteiger partial charge in [-0.25, -0.2) is 4.39 Å². The summed E-state index contributed by atoms with van der Waals surface area (Å²) < 4.78 is 24.2. The molecule has 1 saturated heterocycles. The smallest absolute Gasteiger partial charge is 0.247 e. The fourth-order valence-corrected chi connectivity index (χ4v) is 3.58. The van der Waals surface area contributed by atoms with Gasteiger partial charge in [-0.2, -0.15) is 0 Å². The number of ether oxygens (including phenoxy) is 1. The molecule has 150 valence electrons. The quantitative estimate of drug-likeness (QED) is 0.657. The maximum Gasteiger partial charge on any atom is 0.247 e. The number of carbonyl (C=O) groups excluding carboxylic acids is 1. The average Bonchev–Trinajstić information content (AvgIpc) is 3.25. The van der Waals surface area contributed by atoms with Crippen LogP contribution >= 0.6 is 0 Å². The number of carbonyl (C=O) groups is 1. The second-order valence-corrected chi connectivity index (χ2v) is 7.16. The zero-order chi connectivity index (χ0) is 20.2. The summed E-state index contributed by atoms with van der Waals surface area (Å²) in [5.41, 5.74) is 1.60. The summed E-state index contributed by atoms with van der Waals surface area (Å²) in [4.78, 5) is 14.6. The highest BCUT2D eigenvalue weighted by molar-refractivity contribution is 5.79. The molecule has 29 heavy (non-hydrogen) atoms. The van der Waals surface area contributed by atoms with Gasteiger partial charge in [-0.1, -0.05) is 12.1 Å². The largest absolute Gasteiger partial charge is 0.497 e. The molecule has 3 aromatic rings. The molecule has 0 bridgehead atoms. The number of halogens is 1. The highest BCUT2D eigenvalue weighted by Gasteiger charge is 2.28. The number of amides is 1. The van der Waals surface area contributed by atoms with Crippen molar-refractivity contribution in [3.63, 3.8) is 0 Å². The summed E-state index contributed by atoms with van der Waals surface area (Å²) in [5, 5.41) is 8.27. The first-order valence-corrected chi connectivity index (χ1v) is 9.62. The summed E-state index contributed by atoms with van der Waals surface area (Å²) in [6, 6.07) is 13.5. The Morgan fingerprint density at radius 2 is 2.07 bits per heavy atom. The second-order valence-electron chi connectivity index (χ2n) is 7.16. The number of nitrogens with zero attached hydrogens (tertiary/aromatic N) is 3. The molecule has 1 fully saturated rings. The monoisotopic (exact) mass is 395 g/mol. The number of piperidine rings is 1. The fraction of sp³-hybridized carbons (Fsp3) is 0.318. The molecule has 1 amide bonds. The van der Waals surface area contributed by atoms with E-state index in [-0.39, 0.29) is 17.6 Å². The summed E-state index contributed by atoms with van der Waals surface area (Å²) in [5.74, 6) is 1.38. The van der Waals surface area contributed by atoms with Crippen LogP contribution in [0.2, 0.25) is 0 Å². The van der Waals surface area contributed by atoms with Crippen molar-refractivity contribution in [2.45, 2.75) is 25.2 Å². The van der Waals surface area contributed by atoms with Crippen molar-refractivity contribution in [2.24, 2.45) is 0 Å². The Hall–Kier alpha value is -3.22. The van der Waals surface area contributed by atoms with Crippen molar-refractivity contribution in [3.8, 4) is 17.2 Å². The minimum atomic E-state index is -0.314. The highest BCUT2D eigenvalue weighted by atomic mass is 19.1. The van der Waals surface area contributed by atoms with Gasteiger partial charge in [-0.3, -0.25) is 4.79 Å². The van der Waals surface area contributed by atoms with E-state index < -0.39 is 0 Å². The average molecular weight is 395 g/mol. The van der Waals surface area contributed by atoms with E-state index in [2.05, 4.69) is 10.2 Å². The van der Waals surface area contributed by atoms with E-state index >= 15 is 0 Å². The van der Waals surface area contributed by atoms with Gasteiger partial charge in [0.05, 0.1) is 19.4 Å².